The van der Waals surface area contributed by atoms with Crippen LogP contribution < -0.4 is 10.6 Å². The first-order valence-electron chi connectivity index (χ1n) is 16.7. The van der Waals surface area contributed by atoms with Crippen LogP contribution in [-0.2, 0) is 18.5 Å². The zero-order valence-corrected chi connectivity index (χ0v) is 30.2. The third-order valence-corrected chi connectivity index (χ3v) is 8.66. The molecule has 0 aliphatic rings. The lowest BCUT2D eigenvalue weighted by atomic mass is 9.94. The smallest absolute Gasteiger partial charge is 0.322 e. The maximum absolute atomic E-state index is 13.7. The fourth-order valence-corrected chi connectivity index (χ4v) is 5.49. The summed E-state index contributed by atoms with van der Waals surface area (Å²) >= 11 is 0. The fourth-order valence-electron chi connectivity index (χ4n) is 5.49. The topological polar surface area (TPSA) is 58.2 Å². The lowest BCUT2D eigenvalue weighted by molar-refractivity contribution is -0.139. The number of carbonyl (C=O) groups excluding carboxylic acids is 2. The molecule has 0 heterocycles. The maximum atomic E-state index is 13.7. The molecule has 0 atom stereocenters. The van der Waals surface area contributed by atoms with Crippen LogP contribution in [0.3, 0.4) is 0 Å². The molecule has 5 aromatic carbocycles. The van der Waals surface area contributed by atoms with Crippen molar-refractivity contribution in [1.29, 1.82) is 0 Å². The maximum Gasteiger partial charge on any atom is 0.417 e. The van der Waals surface area contributed by atoms with E-state index >= 15 is 0 Å². The first-order chi connectivity index (χ1) is 26.9. The minimum atomic E-state index is -5.07. The highest BCUT2D eigenvalue weighted by molar-refractivity contribution is 6.05. The minimum Gasteiger partial charge on any atom is -0.322 e. The van der Waals surface area contributed by atoms with E-state index in [1.54, 1.807) is 13.8 Å². The zero-order chi connectivity index (χ0) is 43.3. The van der Waals surface area contributed by atoms with Crippen molar-refractivity contribution >= 4 is 28.8 Å². The number of rotatable bonds is 7. The van der Waals surface area contributed by atoms with Crippen LogP contribution in [0.15, 0.2) is 103 Å². The Bertz CT molecular complexity index is 2360. The standard InChI is InChI=1S/C21H11F8NO.C20H18F5NO/c22-17-7-3-5-14(18(17)23)19(31)30-11-8-9-13(16(10-11)21(27,28)29)12-4-1-2-6-15(12)20(24,25)26;1-4-11(2)12(3)14-9-8-13(10-16(14)20(23,24)25)26-19(27)15-6-5-7-17(21)18(15)22/h1-10H,(H,30,31);5-10H,4H2,1-3H3,(H,26,27). The third kappa shape index (κ3) is 10.4. The van der Waals surface area contributed by atoms with Crippen LogP contribution in [0.25, 0.3) is 16.7 Å². The first-order valence-corrected chi connectivity index (χ1v) is 16.7. The summed E-state index contributed by atoms with van der Waals surface area (Å²) in [6.45, 7) is 5.19. The van der Waals surface area contributed by atoms with Crippen LogP contribution in [0.5, 0.6) is 0 Å². The summed E-state index contributed by atoms with van der Waals surface area (Å²) in [7, 11) is 0. The van der Waals surface area contributed by atoms with E-state index in [0.717, 1.165) is 78.4 Å². The Kier molecular flexibility index (Phi) is 13.5. The second-order valence-electron chi connectivity index (χ2n) is 12.4. The highest BCUT2D eigenvalue weighted by Gasteiger charge is 2.39. The highest BCUT2D eigenvalue weighted by Crippen LogP contribution is 2.44. The van der Waals surface area contributed by atoms with Gasteiger partial charge in [0.05, 0.1) is 27.8 Å². The predicted octanol–water partition coefficient (Wildman–Crippen LogP) is 13.4. The summed E-state index contributed by atoms with van der Waals surface area (Å²) in [4.78, 5) is 24.3. The zero-order valence-electron chi connectivity index (χ0n) is 30.2. The van der Waals surface area contributed by atoms with Gasteiger partial charge in [0, 0.05) is 11.4 Å². The molecule has 0 saturated heterocycles. The molecule has 0 bridgehead atoms. The van der Waals surface area contributed by atoms with Gasteiger partial charge in [-0.05, 0) is 97.1 Å². The van der Waals surface area contributed by atoms with E-state index in [2.05, 4.69) is 5.32 Å². The van der Waals surface area contributed by atoms with E-state index in [-0.39, 0.29) is 11.3 Å². The molecule has 0 spiro atoms. The van der Waals surface area contributed by atoms with Crippen molar-refractivity contribution in [3.05, 3.63) is 159 Å². The molecule has 5 aromatic rings. The first kappa shape index (κ1) is 44.6. The number of amides is 2. The number of benzene rings is 5. The lowest BCUT2D eigenvalue weighted by Gasteiger charge is -2.18. The molecule has 2 amide bonds. The average Bonchev–Trinajstić information content (AvgIpc) is 3.15. The van der Waals surface area contributed by atoms with Gasteiger partial charge in [0.15, 0.2) is 23.3 Å². The molecular weight excluding hydrogens is 799 g/mol. The molecule has 4 nitrogen and oxygen atoms in total. The summed E-state index contributed by atoms with van der Waals surface area (Å²) in [6, 6.07) is 15.0. The Morgan fingerprint density at radius 1 is 0.500 bits per heavy atom. The second-order valence-corrected chi connectivity index (χ2v) is 12.4. The number of hydrogen-bond donors (Lipinski definition) is 2. The van der Waals surface area contributed by atoms with Crippen LogP contribution in [0.1, 0.15) is 70.2 Å². The van der Waals surface area contributed by atoms with Crippen LogP contribution in [0.4, 0.5) is 68.5 Å². The van der Waals surface area contributed by atoms with Crippen LogP contribution in [0.2, 0.25) is 0 Å². The highest BCUT2D eigenvalue weighted by atomic mass is 19.4. The number of anilines is 2. The van der Waals surface area contributed by atoms with Crippen LogP contribution >= 0.6 is 0 Å². The molecule has 2 N–H and O–H groups in total. The molecular formula is C41H29F13N2O2. The quantitative estimate of drug-likeness (QED) is 0.161. The van der Waals surface area contributed by atoms with Crippen LogP contribution in [-0.4, -0.2) is 11.8 Å². The van der Waals surface area contributed by atoms with Gasteiger partial charge in [-0.2, -0.15) is 39.5 Å². The van der Waals surface area contributed by atoms with Crippen molar-refractivity contribution in [3.63, 3.8) is 0 Å². The van der Waals surface area contributed by atoms with Crippen molar-refractivity contribution < 1.29 is 66.7 Å². The van der Waals surface area contributed by atoms with Gasteiger partial charge in [0.2, 0.25) is 0 Å². The third-order valence-electron chi connectivity index (χ3n) is 8.66. The number of allylic oxidation sites excluding steroid dienone is 2. The Labute approximate surface area is 322 Å². The molecule has 306 valence electrons. The summed E-state index contributed by atoms with van der Waals surface area (Å²) in [6.07, 6.45) is -14.0. The lowest BCUT2D eigenvalue weighted by Crippen LogP contribution is -2.16. The molecule has 0 aliphatic heterocycles. The monoisotopic (exact) mass is 828 g/mol. The van der Waals surface area contributed by atoms with Gasteiger partial charge >= 0.3 is 18.5 Å². The number of alkyl halides is 9. The van der Waals surface area contributed by atoms with Gasteiger partial charge in [-0.1, -0.05) is 55.0 Å². The number of carbonyl (C=O) groups is 2. The van der Waals surface area contributed by atoms with E-state index in [4.69, 9.17) is 0 Å². The van der Waals surface area contributed by atoms with E-state index in [9.17, 15) is 66.7 Å². The van der Waals surface area contributed by atoms with Crippen molar-refractivity contribution in [1.82, 2.24) is 0 Å². The average molecular weight is 829 g/mol. The molecule has 0 radical (unpaired) electrons. The number of halogens is 13. The van der Waals surface area contributed by atoms with E-state index < -0.39 is 98.2 Å². The molecule has 0 fully saturated rings. The van der Waals surface area contributed by atoms with Crippen molar-refractivity contribution in [2.45, 2.75) is 45.7 Å². The Hall–Kier alpha value is -6.13. The van der Waals surface area contributed by atoms with Crippen LogP contribution in [0, 0.1) is 23.3 Å². The molecule has 0 aromatic heterocycles. The molecule has 5 rings (SSSR count). The number of nitrogens with one attached hydrogen (secondary N) is 2. The summed E-state index contributed by atoms with van der Waals surface area (Å²) in [5, 5.41) is 4.18. The summed E-state index contributed by atoms with van der Waals surface area (Å²) in [5.41, 5.74) is -5.73. The van der Waals surface area contributed by atoms with Crippen molar-refractivity contribution in [2.75, 3.05) is 10.6 Å². The van der Waals surface area contributed by atoms with Gasteiger partial charge in [-0.15, -0.1) is 0 Å². The van der Waals surface area contributed by atoms with Crippen molar-refractivity contribution in [2.24, 2.45) is 0 Å². The van der Waals surface area contributed by atoms with Gasteiger partial charge in [0.25, 0.3) is 11.8 Å². The van der Waals surface area contributed by atoms with Gasteiger partial charge in [-0.25, -0.2) is 17.6 Å². The molecule has 0 unspecified atom stereocenters. The molecule has 0 aliphatic carbocycles. The fraction of sp³-hybridized carbons (Fsp3) is 0.171. The largest absolute Gasteiger partial charge is 0.417 e. The Morgan fingerprint density at radius 2 is 0.931 bits per heavy atom. The normalized spacial score (nSPS) is 12.3. The minimum absolute atomic E-state index is 0.0109. The summed E-state index contributed by atoms with van der Waals surface area (Å²) in [5.74, 6) is -7.67. The van der Waals surface area contributed by atoms with E-state index in [1.165, 1.54) is 12.1 Å². The Balaban J connectivity index is 0.000000259. The molecule has 58 heavy (non-hydrogen) atoms. The second kappa shape index (κ2) is 17.6. The SMILES string of the molecule is CCC(C)=C(C)c1ccc(NC(=O)c2cccc(F)c2F)cc1C(F)(F)F.O=C(Nc1ccc(-c2ccccc2C(F)(F)F)c(C(F)(F)F)c1)c1cccc(F)c1F. The Morgan fingerprint density at radius 3 is 1.40 bits per heavy atom. The van der Waals surface area contributed by atoms with Gasteiger partial charge in [0.1, 0.15) is 0 Å². The predicted molar refractivity (Wildman–Crippen MR) is 191 cm³/mol. The van der Waals surface area contributed by atoms with Gasteiger partial charge in [-0.3, -0.25) is 9.59 Å². The van der Waals surface area contributed by atoms with E-state index in [0.29, 0.717) is 24.1 Å². The van der Waals surface area contributed by atoms with E-state index in [1.807, 2.05) is 12.2 Å². The summed E-state index contributed by atoms with van der Waals surface area (Å²) < 4.78 is 175. The van der Waals surface area contributed by atoms with Crippen molar-refractivity contribution in [3.8, 4) is 11.1 Å². The molecule has 17 heteroatoms. The molecule has 0 saturated carbocycles. The number of hydrogen-bond acceptors (Lipinski definition) is 2. The van der Waals surface area contributed by atoms with Gasteiger partial charge < -0.3 is 10.6 Å².